The van der Waals surface area contributed by atoms with E-state index in [0.717, 1.165) is 4.90 Å². The maximum Gasteiger partial charge on any atom is 0.235 e. The van der Waals surface area contributed by atoms with Crippen molar-refractivity contribution < 1.29 is 9.18 Å². The Hall–Kier alpha value is -1.82. The molecule has 0 atom stereocenters. The van der Waals surface area contributed by atoms with Crippen molar-refractivity contribution in [3.63, 3.8) is 0 Å². The molecule has 0 saturated carbocycles. The molecule has 1 amide bonds. The molecule has 1 aromatic carbocycles. The fourth-order valence-corrected chi connectivity index (χ4v) is 1.89. The van der Waals surface area contributed by atoms with E-state index in [0.29, 0.717) is 5.82 Å². The van der Waals surface area contributed by atoms with E-state index in [-0.39, 0.29) is 17.5 Å². The van der Waals surface area contributed by atoms with Crippen molar-refractivity contribution in [1.82, 2.24) is 10.2 Å². The number of benzene rings is 1. The molecule has 0 saturated heterocycles. The van der Waals surface area contributed by atoms with Crippen molar-refractivity contribution in [2.24, 2.45) is 0 Å². The third-order valence-corrected chi connectivity index (χ3v) is 2.97. The molecular weight excluding hydrogens is 241 g/mol. The summed E-state index contributed by atoms with van der Waals surface area (Å²) in [5.74, 6) is 0.416. The number of rotatable bonds is 4. The molecule has 4 nitrogen and oxygen atoms in total. The number of thioether (sulfide) groups is 1. The number of aromatic amines is 1. The Kier molecular flexibility index (Phi) is 3.77. The van der Waals surface area contributed by atoms with E-state index in [9.17, 15) is 9.18 Å². The average molecular weight is 251 g/mol. The monoisotopic (exact) mass is 251 g/mol. The Bertz CT molecular complexity index is 484. The Balaban J connectivity index is 1.82. The number of hydrogen-bond donors (Lipinski definition) is 2. The first-order valence-corrected chi connectivity index (χ1v) is 5.90. The first kappa shape index (κ1) is 11.7. The van der Waals surface area contributed by atoms with Gasteiger partial charge in [0.2, 0.25) is 5.91 Å². The molecule has 2 N–H and O–H groups in total. The van der Waals surface area contributed by atoms with Crippen LogP contribution < -0.4 is 5.32 Å². The Morgan fingerprint density at radius 3 is 2.76 bits per heavy atom. The van der Waals surface area contributed by atoms with Gasteiger partial charge in [0.05, 0.1) is 11.9 Å². The number of carbonyl (C=O) groups is 1. The molecule has 1 aromatic heterocycles. The molecule has 0 fully saturated rings. The number of nitrogens with one attached hydrogen (secondary N) is 2. The molecule has 0 spiro atoms. The summed E-state index contributed by atoms with van der Waals surface area (Å²) in [4.78, 5) is 12.3. The summed E-state index contributed by atoms with van der Waals surface area (Å²) in [5, 5.41) is 9.00. The minimum Gasteiger partial charge on any atom is -0.310 e. The van der Waals surface area contributed by atoms with Crippen LogP contribution in [0.15, 0.2) is 41.4 Å². The van der Waals surface area contributed by atoms with Crippen LogP contribution >= 0.6 is 11.8 Å². The minimum atomic E-state index is -0.281. The van der Waals surface area contributed by atoms with Crippen molar-refractivity contribution >= 4 is 23.5 Å². The second kappa shape index (κ2) is 5.49. The fourth-order valence-electron chi connectivity index (χ4n) is 1.19. The highest BCUT2D eigenvalue weighted by molar-refractivity contribution is 8.00. The molecule has 0 unspecified atom stereocenters. The van der Waals surface area contributed by atoms with Crippen molar-refractivity contribution in [2.45, 2.75) is 4.90 Å². The number of carbonyl (C=O) groups excluding carboxylic acids is 1. The summed E-state index contributed by atoms with van der Waals surface area (Å²) in [5.41, 5.74) is 0. The SMILES string of the molecule is O=C(CSc1ccc(F)cc1)Nc1ccn[nH]1. The second-order valence-electron chi connectivity index (χ2n) is 3.26. The van der Waals surface area contributed by atoms with Crippen LogP contribution in [-0.4, -0.2) is 21.9 Å². The van der Waals surface area contributed by atoms with E-state index >= 15 is 0 Å². The molecular formula is C11H10FN3OS. The van der Waals surface area contributed by atoms with Gasteiger partial charge in [0.15, 0.2) is 0 Å². The first-order chi connectivity index (χ1) is 8.24. The highest BCUT2D eigenvalue weighted by Crippen LogP contribution is 2.18. The van der Waals surface area contributed by atoms with Crippen LogP contribution in [0, 0.1) is 5.82 Å². The summed E-state index contributed by atoms with van der Waals surface area (Å²) in [7, 11) is 0. The number of nitrogens with zero attached hydrogens (tertiary/aromatic N) is 1. The van der Waals surface area contributed by atoms with E-state index in [2.05, 4.69) is 15.5 Å². The minimum absolute atomic E-state index is 0.136. The van der Waals surface area contributed by atoms with E-state index < -0.39 is 0 Å². The summed E-state index contributed by atoms with van der Waals surface area (Å²) in [6, 6.07) is 7.69. The predicted molar refractivity (Wildman–Crippen MR) is 64.3 cm³/mol. The maximum atomic E-state index is 12.6. The zero-order chi connectivity index (χ0) is 12.1. The standard InChI is InChI=1S/C11H10FN3OS/c12-8-1-3-9(4-2-8)17-7-11(16)14-10-5-6-13-15-10/h1-6H,7H2,(H2,13,14,15,16). The predicted octanol–water partition coefficient (Wildman–Crippen LogP) is 2.28. The van der Waals surface area contributed by atoms with Crippen molar-refractivity contribution in [2.75, 3.05) is 11.1 Å². The molecule has 88 valence electrons. The number of halogens is 1. The summed E-state index contributed by atoms with van der Waals surface area (Å²) >= 11 is 1.35. The molecule has 2 aromatic rings. The first-order valence-electron chi connectivity index (χ1n) is 4.91. The van der Waals surface area contributed by atoms with Crippen LogP contribution in [0.5, 0.6) is 0 Å². The molecule has 1 heterocycles. The highest BCUT2D eigenvalue weighted by atomic mass is 32.2. The van der Waals surface area contributed by atoms with Crippen LogP contribution in [0.1, 0.15) is 0 Å². The van der Waals surface area contributed by atoms with Gasteiger partial charge in [-0.15, -0.1) is 11.8 Å². The van der Waals surface area contributed by atoms with Crippen LogP contribution in [0.4, 0.5) is 10.2 Å². The molecule has 0 aliphatic rings. The molecule has 0 radical (unpaired) electrons. The molecule has 2 rings (SSSR count). The molecule has 0 aliphatic heterocycles. The Labute approximate surface area is 102 Å². The number of hydrogen-bond acceptors (Lipinski definition) is 3. The van der Waals surface area contributed by atoms with Gasteiger partial charge < -0.3 is 5.32 Å². The normalized spacial score (nSPS) is 10.2. The van der Waals surface area contributed by atoms with Crippen LogP contribution in [0.2, 0.25) is 0 Å². The zero-order valence-electron chi connectivity index (χ0n) is 8.81. The maximum absolute atomic E-state index is 12.6. The molecule has 17 heavy (non-hydrogen) atoms. The van der Waals surface area contributed by atoms with Crippen LogP contribution in [0.25, 0.3) is 0 Å². The lowest BCUT2D eigenvalue weighted by molar-refractivity contribution is -0.113. The van der Waals surface area contributed by atoms with Gasteiger partial charge in [0.1, 0.15) is 11.6 Å². The zero-order valence-corrected chi connectivity index (χ0v) is 9.63. The van der Waals surface area contributed by atoms with Gasteiger partial charge in [-0.05, 0) is 24.3 Å². The lowest BCUT2D eigenvalue weighted by atomic mass is 10.4. The number of H-pyrrole nitrogens is 1. The van der Waals surface area contributed by atoms with E-state index in [1.807, 2.05) is 0 Å². The van der Waals surface area contributed by atoms with Gasteiger partial charge in [-0.25, -0.2) is 4.39 Å². The number of anilines is 1. The third kappa shape index (κ3) is 3.60. The third-order valence-electron chi connectivity index (χ3n) is 1.96. The largest absolute Gasteiger partial charge is 0.310 e. The van der Waals surface area contributed by atoms with E-state index in [1.165, 1.54) is 23.9 Å². The van der Waals surface area contributed by atoms with Gasteiger partial charge >= 0.3 is 0 Å². The smallest absolute Gasteiger partial charge is 0.235 e. The summed E-state index contributed by atoms with van der Waals surface area (Å²) in [6.45, 7) is 0. The Morgan fingerprint density at radius 1 is 1.35 bits per heavy atom. The van der Waals surface area contributed by atoms with Gasteiger partial charge in [-0.2, -0.15) is 5.10 Å². The van der Waals surface area contributed by atoms with Crippen LogP contribution in [-0.2, 0) is 4.79 Å². The van der Waals surface area contributed by atoms with Gasteiger partial charge in [0.25, 0.3) is 0 Å². The fraction of sp³-hybridized carbons (Fsp3) is 0.0909. The lowest BCUT2D eigenvalue weighted by Gasteiger charge is -2.02. The molecule has 6 heteroatoms. The quantitative estimate of drug-likeness (QED) is 0.820. The summed E-state index contributed by atoms with van der Waals surface area (Å²) in [6.07, 6.45) is 1.56. The second-order valence-corrected chi connectivity index (χ2v) is 4.31. The number of aromatic nitrogens is 2. The van der Waals surface area contributed by atoms with Gasteiger partial charge in [-0.1, -0.05) is 0 Å². The van der Waals surface area contributed by atoms with E-state index in [1.54, 1.807) is 24.4 Å². The topological polar surface area (TPSA) is 57.8 Å². The van der Waals surface area contributed by atoms with E-state index in [4.69, 9.17) is 0 Å². The Morgan fingerprint density at radius 2 is 2.12 bits per heavy atom. The van der Waals surface area contributed by atoms with Crippen molar-refractivity contribution in [3.8, 4) is 0 Å². The van der Waals surface area contributed by atoms with Crippen LogP contribution in [0.3, 0.4) is 0 Å². The van der Waals surface area contributed by atoms with Crippen molar-refractivity contribution in [3.05, 3.63) is 42.3 Å². The van der Waals surface area contributed by atoms with Gasteiger partial charge in [0, 0.05) is 11.0 Å². The molecule has 0 bridgehead atoms. The highest BCUT2D eigenvalue weighted by Gasteiger charge is 2.04. The number of amides is 1. The average Bonchev–Trinajstić information content (AvgIpc) is 2.81. The van der Waals surface area contributed by atoms with Crippen molar-refractivity contribution in [1.29, 1.82) is 0 Å². The molecule has 0 aliphatic carbocycles. The van der Waals surface area contributed by atoms with Gasteiger partial charge in [-0.3, -0.25) is 9.89 Å². The summed E-state index contributed by atoms with van der Waals surface area (Å²) < 4.78 is 12.6. The lowest BCUT2D eigenvalue weighted by Crippen LogP contribution is -2.14.